The average molecular weight is 342 g/mol. The van der Waals surface area contributed by atoms with E-state index in [-0.39, 0.29) is 5.02 Å². The van der Waals surface area contributed by atoms with E-state index in [1.54, 1.807) is 6.92 Å². The number of halogens is 5. The van der Waals surface area contributed by atoms with Gasteiger partial charge in [-0.1, -0.05) is 11.6 Å². The largest absolute Gasteiger partial charge is 0.492 e. The molecule has 0 spiro atoms. The summed E-state index contributed by atoms with van der Waals surface area (Å²) < 4.78 is 53.1. The lowest BCUT2D eigenvalue weighted by Crippen LogP contribution is -2.25. The molecule has 1 heterocycles. The summed E-state index contributed by atoms with van der Waals surface area (Å²) in [7, 11) is 0.500. The van der Waals surface area contributed by atoms with Crippen LogP contribution >= 0.6 is 11.6 Å². The lowest BCUT2D eigenvalue weighted by molar-refractivity contribution is -0.137. The van der Waals surface area contributed by atoms with Crippen LogP contribution in [0.5, 0.6) is 5.75 Å². The number of alkyl halides is 4. The summed E-state index contributed by atoms with van der Waals surface area (Å²) in [5.74, 6) is 0.419. The fraction of sp³-hybridized carbons (Fsp3) is 0.600. The van der Waals surface area contributed by atoms with Gasteiger partial charge >= 0.3 is 6.18 Å². The first-order valence-electron chi connectivity index (χ1n) is 6.98. The SMILES string of the molecule is CF.Cc1cc(C(F)(F)F)c(Cl)cc1OCCN1CCCC1. The predicted molar refractivity (Wildman–Crippen MR) is 79.4 cm³/mol. The predicted octanol–water partition coefficient (Wildman–Crippen LogP) is 4.73. The Balaban J connectivity index is 0.00000116. The van der Waals surface area contributed by atoms with E-state index in [1.165, 1.54) is 18.9 Å². The van der Waals surface area contributed by atoms with Crippen molar-refractivity contribution < 1.29 is 22.3 Å². The van der Waals surface area contributed by atoms with E-state index >= 15 is 0 Å². The first-order chi connectivity index (χ1) is 10.4. The molecule has 7 heteroatoms. The number of hydrogen-bond donors (Lipinski definition) is 0. The Kier molecular flexibility index (Phi) is 7.42. The van der Waals surface area contributed by atoms with Crippen LogP contribution in [0.15, 0.2) is 12.1 Å². The molecule has 1 aromatic rings. The highest BCUT2D eigenvalue weighted by Crippen LogP contribution is 2.38. The van der Waals surface area contributed by atoms with Crippen molar-refractivity contribution in [2.75, 3.05) is 33.4 Å². The van der Waals surface area contributed by atoms with Crippen LogP contribution in [-0.4, -0.2) is 38.3 Å². The van der Waals surface area contributed by atoms with Crippen LogP contribution < -0.4 is 4.74 Å². The molecule has 126 valence electrons. The molecule has 0 N–H and O–H groups in total. The lowest BCUT2D eigenvalue weighted by Gasteiger charge is -2.17. The summed E-state index contributed by atoms with van der Waals surface area (Å²) in [6.45, 7) is 4.98. The van der Waals surface area contributed by atoms with Gasteiger partial charge in [-0.25, -0.2) is 0 Å². The minimum Gasteiger partial charge on any atom is -0.492 e. The van der Waals surface area contributed by atoms with Gasteiger partial charge in [-0.3, -0.25) is 9.29 Å². The van der Waals surface area contributed by atoms with Gasteiger partial charge in [0.2, 0.25) is 0 Å². The highest BCUT2D eigenvalue weighted by molar-refractivity contribution is 6.31. The summed E-state index contributed by atoms with van der Waals surface area (Å²) in [6, 6.07) is 2.29. The molecule has 0 saturated carbocycles. The first-order valence-corrected chi connectivity index (χ1v) is 7.36. The Morgan fingerprint density at radius 1 is 1.18 bits per heavy atom. The molecule has 1 fully saturated rings. The molecule has 1 saturated heterocycles. The number of likely N-dealkylation sites (tertiary alicyclic amines) is 1. The van der Waals surface area contributed by atoms with Crippen molar-refractivity contribution in [2.24, 2.45) is 0 Å². The minimum absolute atomic E-state index is 0.320. The van der Waals surface area contributed by atoms with Gasteiger partial charge in [-0.05, 0) is 50.6 Å². The smallest absolute Gasteiger partial charge is 0.417 e. The normalized spacial score (nSPS) is 15.4. The summed E-state index contributed by atoms with van der Waals surface area (Å²) in [5.41, 5.74) is -0.369. The molecule has 0 unspecified atom stereocenters. The summed E-state index contributed by atoms with van der Waals surface area (Å²) in [6.07, 6.45) is -2.04. The molecule has 22 heavy (non-hydrogen) atoms. The number of ether oxygens (including phenoxy) is 1. The quantitative estimate of drug-likeness (QED) is 0.734. The number of benzene rings is 1. The molecule has 1 aliphatic heterocycles. The standard InChI is InChI=1S/C14H17ClF3NO.CH3F/c1-10-8-11(14(16,17)18)12(15)9-13(10)20-7-6-19-4-2-3-5-19;1-2/h8-9H,2-7H2,1H3;1H3. The topological polar surface area (TPSA) is 12.5 Å². The van der Waals surface area contributed by atoms with E-state index in [4.69, 9.17) is 16.3 Å². The highest BCUT2D eigenvalue weighted by Gasteiger charge is 2.33. The van der Waals surface area contributed by atoms with Gasteiger partial charge in [0.05, 0.1) is 17.8 Å². The second kappa shape index (κ2) is 8.58. The molecule has 0 atom stereocenters. The molecule has 2 rings (SSSR count). The fourth-order valence-electron chi connectivity index (χ4n) is 2.33. The number of nitrogens with zero attached hydrogens (tertiary/aromatic N) is 1. The van der Waals surface area contributed by atoms with Gasteiger partial charge in [0.15, 0.2) is 0 Å². The van der Waals surface area contributed by atoms with Gasteiger partial charge < -0.3 is 4.74 Å². The van der Waals surface area contributed by atoms with Crippen molar-refractivity contribution in [1.29, 1.82) is 0 Å². The average Bonchev–Trinajstić information content (AvgIpc) is 2.96. The monoisotopic (exact) mass is 341 g/mol. The van der Waals surface area contributed by atoms with Gasteiger partial charge in [0.1, 0.15) is 12.4 Å². The molecule has 0 bridgehead atoms. The Hall–Kier alpha value is -1.01. The van der Waals surface area contributed by atoms with E-state index in [0.29, 0.717) is 25.1 Å². The van der Waals surface area contributed by atoms with Crippen LogP contribution in [0.4, 0.5) is 17.6 Å². The molecular formula is C15H20ClF4NO. The second-order valence-electron chi connectivity index (χ2n) is 4.99. The van der Waals surface area contributed by atoms with Crippen molar-refractivity contribution in [3.05, 3.63) is 28.3 Å². The summed E-state index contributed by atoms with van der Waals surface area (Å²) in [4.78, 5) is 2.28. The molecule has 0 radical (unpaired) electrons. The Morgan fingerprint density at radius 2 is 1.77 bits per heavy atom. The van der Waals surface area contributed by atoms with E-state index in [0.717, 1.165) is 25.7 Å². The van der Waals surface area contributed by atoms with Crippen LogP contribution in [0.2, 0.25) is 5.02 Å². The fourth-order valence-corrected chi connectivity index (χ4v) is 2.59. The highest BCUT2D eigenvalue weighted by atomic mass is 35.5. The van der Waals surface area contributed by atoms with Gasteiger partial charge in [0, 0.05) is 6.54 Å². The summed E-state index contributed by atoms with van der Waals surface area (Å²) >= 11 is 5.68. The maximum atomic E-state index is 12.7. The second-order valence-corrected chi connectivity index (χ2v) is 5.40. The van der Waals surface area contributed by atoms with Crippen LogP contribution in [-0.2, 0) is 6.18 Å². The van der Waals surface area contributed by atoms with Crippen molar-refractivity contribution in [3.63, 3.8) is 0 Å². The maximum absolute atomic E-state index is 12.7. The van der Waals surface area contributed by atoms with E-state index in [9.17, 15) is 17.6 Å². The van der Waals surface area contributed by atoms with Crippen molar-refractivity contribution in [1.82, 2.24) is 4.90 Å². The van der Waals surface area contributed by atoms with Crippen LogP contribution in [0, 0.1) is 6.92 Å². The number of aryl methyl sites for hydroxylation is 1. The van der Waals surface area contributed by atoms with Gasteiger partial charge in [-0.15, -0.1) is 0 Å². The molecular weight excluding hydrogens is 322 g/mol. The zero-order valence-corrected chi connectivity index (χ0v) is 13.4. The molecule has 0 aromatic heterocycles. The zero-order chi connectivity index (χ0) is 16.8. The van der Waals surface area contributed by atoms with E-state index in [2.05, 4.69) is 4.90 Å². The minimum atomic E-state index is -4.43. The van der Waals surface area contributed by atoms with Crippen LogP contribution in [0.3, 0.4) is 0 Å². The van der Waals surface area contributed by atoms with Gasteiger partial charge in [-0.2, -0.15) is 13.2 Å². The molecule has 2 nitrogen and oxygen atoms in total. The lowest BCUT2D eigenvalue weighted by atomic mass is 10.1. The Bertz CT molecular complexity index is 473. The third-order valence-electron chi connectivity index (χ3n) is 3.43. The van der Waals surface area contributed by atoms with Crippen LogP contribution in [0.1, 0.15) is 24.0 Å². The maximum Gasteiger partial charge on any atom is 0.417 e. The van der Waals surface area contributed by atoms with Crippen molar-refractivity contribution in [2.45, 2.75) is 25.9 Å². The molecule has 1 aromatic carbocycles. The molecule has 0 aliphatic carbocycles. The zero-order valence-electron chi connectivity index (χ0n) is 12.6. The van der Waals surface area contributed by atoms with E-state index < -0.39 is 11.7 Å². The summed E-state index contributed by atoms with van der Waals surface area (Å²) in [5, 5.41) is -0.320. The Labute approximate surface area is 133 Å². The van der Waals surface area contributed by atoms with Crippen molar-refractivity contribution in [3.8, 4) is 5.75 Å². The van der Waals surface area contributed by atoms with Crippen molar-refractivity contribution >= 4 is 11.6 Å². The number of rotatable bonds is 4. The van der Waals surface area contributed by atoms with E-state index in [1.807, 2.05) is 0 Å². The molecule has 1 aliphatic rings. The Morgan fingerprint density at radius 3 is 2.32 bits per heavy atom. The molecule has 0 amide bonds. The van der Waals surface area contributed by atoms with Crippen LogP contribution in [0.25, 0.3) is 0 Å². The third kappa shape index (κ3) is 5.32. The third-order valence-corrected chi connectivity index (χ3v) is 3.75. The van der Waals surface area contributed by atoms with Gasteiger partial charge in [0.25, 0.3) is 0 Å². The first kappa shape index (κ1) is 19.0. The number of hydrogen-bond acceptors (Lipinski definition) is 2.